The van der Waals surface area contributed by atoms with E-state index < -0.39 is 23.9 Å². The normalized spacial score (nSPS) is 24.4. The van der Waals surface area contributed by atoms with E-state index in [0.717, 1.165) is 12.1 Å². The first-order chi connectivity index (χ1) is 7.88. The van der Waals surface area contributed by atoms with Crippen LogP contribution in [0, 0.1) is 0 Å². The van der Waals surface area contributed by atoms with Gasteiger partial charge >= 0.3 is 12.3 Å². The average Bonchev–Trinajstić information content (AvgIpc) is 2.57. The molecule has 0 aliphatic carbocycles. The van der Waals surface area contributed by atoms with Gasteiger partial charge in [-0.25, -0.2) is 4.79 Å². The molecule has 17 heavy (non-hydrogen) atoms. The molecule has 6 heteroatoms. The van der Waals surface area contributed by atoms with E-state index >= 15 is 0 Å². The first kappa shape index (κ1) is 11.8. The third-order valence-corrected chi connectivity index (χ3v) is 2.58. The number of rotatable bonds is 1. The van der Waals surface area contributed by atoms with Crippen molar-refractivity contribution < 1.29 is 22.7 Å². The van der Waals surface area contributed by atoms with Gasteiger partial charge in [0.05, 0.1) is 11.6 Å². The van der Waals surface area contributed by atoms with Gasteiger partial charge in [-0.1, -0.05) is 12.1 Å². The van der Waals surface area contributed by atoms with Crippen LogP contribution in [0.5, 0.6) is 0 Å². The second-order valence-corrected chi connectivity index (χ2v) is 3.88. The van der Waals surface area contributed by atoms with Gasteiger partial charge in [0.15, 0.2) is 0 Å². The highest BCUT2D eigenvalue weighted by molar-refractivity contribution is 5.70. The molecular weight excluding hydrogens is 235 g/mol. The van der Waals surface area contributed by atoms with Crippen LogP contribution in [0.4, 0.5) is 18.0 Å². The lowest BCUT2D eigenvalue weighted by Gasteiger charge is -2.15. The third-order valence-electron chi connectivity index (χ3n) is 2.58. The number of cyclic esters (lactones) is 1. The Morgan fingerprint density at radius 1 is 1.35 bits per heavy atom. The van der Waals surface area contributed by atoms with Crippen molar-refractivity contribution in [3.8, 4) is 0 Å². The highest BCUT2D eigenvalue weighted by atomic mass is 19.4. The summed E-state index contributed by atoms with van der Waals surface area (Å²) in [5.41, 5.74) is -0.407. The SMILES string of the molecule is CC1NC(=O)O[C@@H]1c1cccc(C(F)(F)F)c1. The maximum atomic E-state index is 12.5. The van der Waals surface area contributed by atoms with Gasteiger partial charge < -0.3 is 10.1 Å². The highest BCUT2D eigenvalue weighted by Gasteiger charge is 2.35. The number of nitrogens with one attached hydrogen (secondary N) is 1. The van der Waals surface area contributed by atoms with Gasteiger partial charge in [0.1, 0.15) is 6.10 Å². The Hall–Kier alpha value is -1.72. The van der Waals surface area contributed by atoms with Crippen molar-refractivity contribution in [1.82, 2.24) is 5.32 Å². The number of alkyl halides is 3. The maximum absolute atomic E-state index is 12.5. The molecule has 1 heterocycles. The molecule has 92 valence electrons. The standard InChI is InChI=1S/C11H10F3NO2/c1-6-9(17-10(16)15-6)7-3-2-4-8(5-7)11(12,13)14/h2-6,9H,1H3,(H,15,16)/t6?,9-/m0/s1. The molecule has 1 fully saturated rings. The quantitative estimate of drug-likeness (QED) is 0.826. The smallest absolute Gasteiger partial charge is 0.416 e. The summed E-state index contributed by atoms with van der Waals surface area (Å²) < 4.78 is 42.4. The largest absolute Gasteiger partial charge is 0.439 e. The minimum Gasteiger partial charge on any atom is -0.439 e. The number of ether oxygens (including phenoxy) is 1. The first-order valence-electron chi connectivity index (χ1n) is 5.02. The molecule has 1 N–H and O–H groups in total. The van der Waals surface area contributed by atoms with Gasteiger partial charge in [0, 0.05) is 0 Å². The van der Waals surface area contributed by atoms with Gasteiger partial charge in [0.25, 0.3) is 0 Å². The second-order valence-electron chi connectivity index (χ2n) is 3.88. The van der Waals surface area contributed by atoms with Gasteiger partial charge in [0.2, 0.25) is 0 Å². The van der Waals surface area contributed by atoms with E-state index in [9.17, 15) is 18.0 Å². The van der Waals surface area contributed by atoms with Crippen LogP contribution in [-0.2, 0) is 10.9 Å². The number of hydrogen-bond acceptors (Lipinski definition) is 2. The van der Waals surface area contributed by atoms with Crippen LogP contribution in [0.2, 0.25) is 0 Å². The molecule has 1 amide bonds. The Kier molecular flexibility index (Phi) is 2.73. The first-order valence-corrected chi connectivity index (χ1v) is 5.02. The summed E-state index contributed by atoms with van der Waals surface area (Å²) in [6.07, 6.45) is -5.68. The van der Waals surface area contributed by atoms with Gasteiger partial charge in [-0.15, -0.1) is 0 Å². The van der Waals surface area contributed by atoms with E-state index in [2.05, 4.69) is 5.32 Å². The lowest BCUT2D eigenvalue weighted by molar-refractivity contribution is -0.137. The van der Waals surface area contributed by atoms with Gasteiger partial charge in [-0.3, -0.25) is 0 Å². The number of amides is 1. The predicted molar refractivity (Wildman–Crippen MR) is 53.3 cm³/mol. The number of carbonyl (C=O) groups is 1. The van der Waals surface area contributed by atoms with E-state index in [1.807, 2.05) is 0 Å². The lowest BCUT2D eigenvalue weighted by Crippen LogP contribution is -2.24. The fourth-order valence-corrected chi connectivity index (χ4v) is 1.76. The molecule has 0 aromatic heterocycles. The molecule has 1 aliphatic rings. The van der Waals surface area contributed by atoms with E-state index in [1.54, 1.807) is 6.92 Å². The summed E-state index contributed by atoms with van der Waals surface area (Å²) >= 11 is 0. The lowest BCUT2D eigenvalue weighted by atomic mass is 10.0. The topological polar surface area (TPSA) is 38.3 Å². The van der Waals surface area contributed by atoms with Crippen molar-refractivity contribution in [1.29, 1.82) is 0 Å². The average molecular weight is 245 g/mol. The van der Waals surface area contributed by atoms with Crippen molar-refractivity contribution in [2.75, 3.05) is 0 Å². The van der Waals surface area contributed by atoms with Crippen LogP contribution in [0.25, 0.3) is 0 Å². The molecule has 0 bridgehead atoms. The van der Waals surface area contributed by atoms with Crippen molar-refractivity contribution in [2.24, 2.45) is 0 Å². The summed E-state index contributed by atoms with van der Waals surface area (Å²) in [7, 11) is 0. The summed E-state index contributed by atoms with van der Waals surface area (Å²) in [5.74, 6) is 0. The van der Waals surface area contributed by atoms with Gasteiger partial charge in [-0.05, 0) is 24.6 Å². The molecule has 0 spiro atoms. The molecular formula is C11H10F3NO2. The van der Waals surface area contributed by atoms with E-state index in [0.29, 0.717) is 5.56 Å². The Bertz CT molecular complexity index is 445. The zero-order chi connectivity index (χ0) is 12.6. The molecule has 1 aromatic rings. The molecule has 1 aliphatic heterocycles. The zero-order valence-corrected chi connectivity index (χ0v) is 8.91. The van der Waals surface area contributed by atoms with Crippen LogP contribution in [0.1, 0.15) is 24.2 Å². The molecule has 1 saturated heterocycles. The third kappa shape index (κ3) is 2.35. The van der Waals surface area contributed by atoms with Crippen molar-refractivity contribution >= 4 is 6.09 Å². The molecule has 1 aromatic carbocycles. The molecule has 0 radical (unpaired) electrons. The number of hydrogen-bond donors (Lipinski definition) is 1. The minimum atomic E-state index is -4.39. The molecule has 3 nitrogen and oxygen atoms in total. The predicted octanol–water partition coefficient (Wildman–Crippen LogP) is 2.87. The number of alkyl carbamates (subject to hydrolysis) is 1. The minimum absolute atomic E-state index is 0.339. The zero-order valence-electron chi connectivity index (χ0n) is 8.91. The fraction of sp³-hybridized carbons (Fsp3) is 0.364. The Labute approximate surface area is 95.6 Å². The summed E-state index contributed by atoms with van der Waals surface area (Å²) in [6.45, 7) is 1.68. The van der Waals surface area contributed by atoms with Crippen molar-refractivity contribution in [2.45, 2.75) is 25.2 Å². The molecule has 0 saturated carbocycles. The van der Waals surface area contributed by atoms with Crippen LogP contribution in [0.15, 0.2) is 24.3 Å². The van der Waals surface area contributed by atoms with E-state index in [-0.39, 0.29) is 6.04 Å². The number of benzene rings is 1. The molecule has 2 rings (SSSR count). The van der Waals surface area contributed by atoms with Crippen LogP contribution >= 0.6 is 0 Å². The molecule has 1 unspecified atom stereocenters. The van der Waals surface area contributed by atoms with Crippen molar-refractivity contribution in [3.63, 3.8) is 0 Å². The van der Waals surface area contributed by atoms with Crippen molar-refractivity contribution in [3.05, 3.63) is 35.4 Å². The molecule has 2 atom stereocenters. The highest BCUT2D eigenvalue weighted by Crippen LogP contribution is 2.33. The maximum Gasteiger partial charge on any atom is 0.416 e. The Morgan fingerprint density at radius 2 is 2.06 bits per heavy atom. The Balaban J connectivity index is 2.31. The summed E-state index contributed by atoms with van der Waals surface area (Å²) in [6, 6.07) is 4.46. The monoisotopic (exact) mass is 245 g/mol. The van der Waals surface area contributed by atoms with Gasteiger partial charge in [-0.2, -0.15) is 13.2 Å². The van der Waals surface area contributed by atoms with Crippen LogP contribution in [-0.4, -0.2) is 12.1 Å². The van der Waals surface area contributed by atoms with E-state index in [1.165, 1.54) is 12.1 Å². The van der Waals surface area contributed by atoms with E-state index in [4.69, 9.17) is 4.74 Å². The number of halogens is 3. The summed E-state index contributed by atoms with van der Waals surface area (Å²) in [4.78, 5) is 11.0. The Morgan fingerprint density at radius 3 is 2.59 bits per heavy atom. The van der Waals surface area contributed by atoms with Crippen LogP contribution < -0.4 is 5.32 Å². The number of carbonyl (C=O) groups excluding carboxylic acids is 1. The fourth-order valence-electron chi connectivity index (χ4n) is 1.76. The summed E-state index contributed by atoms with van der Waals surface area (Å²) in [5, 5.41) is 2.48. The second kappa shape index (κ2) is 3.94. The van der Waals surface area contributed by atoms with Crippen LogP contribution in [0.3, 0.4) is 0 Å².